The van der Waals surface area contributed by atoms with E-state index >= 15 is 0 Å². The van der Waals surface area contributed by atoms with Crippen LogP contribution in [0.25, 0.3) is 0 Å². The van der Waals surface area contributed by atoms with Gasteiger partial charge in [0.15, 0.2) is 6.79 Å². The zero-order valence-corrected chi connectivity index (χ0v) is 16.1. The van der Waals surface area contributed by atoms with E-state index in [1.54, 1.807) is 36.2 Å². The van der Waals surface area contributed by atoms with Gasteiger partial charge in [-0.15, -0.1) is 0 Å². The molecule has 7 heteroatoms. The lowest BCUT2D eigenvalue weighted by atomic mass is 10.1. The lowest BCUT2D eigenvalue weighted by Crippen LogP contribution is -2.11. The smallest absolute Gasteiger partial charge is 0.342 e. The van der Waals surface area contributed by atoms with E-state index in [9.17, 15) is 4.79 Å². The highest BCUT2D eigenvalue weighted by atomic mass is 35.5. The summed E-state index contributed by atoms with van der Waals surface area (Å²) >= 11 is 12.5. The maximum Gasteiger partial charge on any atom is 0.342 e. The van der Waals surface area contributed by atoms with Gasteiger partial charge in [0.25, 0.3) is 0 Å². The molecular weight excluding hydrogens is 375 g/mol. The molecule has 0 aliphatic carbocycles. The quantitative estimate of drug-likeness (QED) is 0.288. The van der Waals surface area contributed by atoms with Crippen LogP contribution in [0.3, 0.4) is 0 Å². The minimum absolute atomic E-state index is 0.0877. The highest BCUT2D eigenvalue weighted by Crippen LogP contribution is 2.36. The van der Waals surface area contributed by atoms with Crippen LogP contribution in [0.5, 0.6) is 0 Å². The molecule has 0 fully saturated rings. The van der Waals surface area contributed by atoms with E-state index in [0.29, 0.717) is 33.6 Å². The largest absolute Gasteiger partial charge is 0.435 e. The molecule has 0 aliphatic heterocycles. The van der Waals surface area contributed by atoms with Gasteiger partial charge >= 0.3 is 5.97 Å². The van der Waals surface area contributed by atoms with Crippen molar-refractivity contribution in [3.05, 3.63) is 64.1 Å². The number of halogens is 2. The Morgan fingerprint density at radius 3 is 2.58 bits per heavy atom. The van der Waals surface area contributed by atoms with Crippen molar-refractivity contribution in [2.75, 3.05) is 18.7 Å². The summed E-state index contributed by atoms with van der Waals surface area (Å²) in [6.07, 6.45) is 0. The number of esters is 1. The maximum atomic E-state index is 12.2. The molecule has 0 heterocycles. The Morgan fingerprint density at radius 1 is 1.27 bits per heavy atom. The molecule has 0 unspecified atom stereocenters. The van der Waals surface area contributed by atoms with Crippen molar-refractivity contribution in [2.24, 2.45) is 0 Å². The SMILES string of the molecule is C=C=N.CCOCOC(=O)c1ccccc1Nc1c(Cl)ccc(C)c1Cl. The van der Waals surface area contributed by atoms with Gasteiger partial charge in [-0.1, -0.05) is 41.4 Å². The van der Waals surface area contributed by atoms with E-state index < -0.39 is 5.97 Å². The fourth-order valence-corrected chi connectivity index (χ4v) is 2.40. The maximum absolute atomic E-state index is 12.2. The molecule has 26 heavy (non-hydrogen) atoms. The van der Waals surface area contributed by atoms with Crippen molar-refractivity contribution in [3.63, 3.8) is 0 Å². The molecule has 0 bridgehead atoms. The van der Waals surface area contributed by atoms with Crippen molar-refractivity contribution in [3.8, 4) is 0 Å². The Morgan fingerprint density at radius 2 is 1.92 bits per heavy atom. The van der Waals surface area contributed by atoms with Crippen molar-refractivity contribution in [1.29, 1.82) is 5.41 Å². The predicted octanol–water partition coefficient (Wildman–Crippen LogP) is 5.62. The number of nitrogens with one attached hydrogen (secondary N) is 2. The number of benzene rings is 2. The van der Waals surface area contributed by atoms with Gasteiger partial charge in [-0.05, 0) is 50.1 Å². The lowest BCUT2D eigenvalue weighted by Gasteiger charge is -2.15. The minimum atomic E-state index is -0.485. The molecule has 0 aromatic heterocycles. The van der Waals surface area contributed by atoms with Gasteiger partial charge in [-0.25, -0.2) is 4.79 Å². The zero-order valence-electron chi connectivity index (χ0n) is 14.6. The summed E-state index contributed by atoms with van der Waals surface area (Å²) in [4.78, 5) is 12.2. The van der Waals surface area contributed by atoms with Gasteiger partial charge in [0.1, 0.15) is 0 Å². The number of para-hydroxylation sites is 1. The molecule has 2 rings (SSSR count). The first-order chi connectivity index (χ1) is 12.5. The topological polar surface area (TPSA) is 71.4 Å². The lowest BCUT2D eigenvalue weighted by molar-refractivity contribution is -0.0273. The van der Waals surface area contributed by atoms with Gasteiger partial charge in [0.05, 0.1) is 27.0 Å². The summed E-state index contributed by atoms with van der Waals surface area (Å²) in [6.45, 7) is 6.99. The summed E-state index contributed by atoms with van der Waals surface area (Å²) in [5.74, 6) is 1.27. The Hall–Kier alpha value is -2.30. The summed E-state index contributed by atoms with van der Waals surface area (Å²) in [5, 5.41) is 9.94. The van der Waals surface area contributed by atoms with Gasteiger partial charge < -0.3 is 14.8 Å². The molecule has 0 spiro atoms. The number of rotatable bonds is 6. The molecule has 138 valence electrons. The number of carbonyl (C=O) groups is 1. The molecular formula is C19H20Cl2N2O3. The molecule has 2 aromatic rings. The van der Waals surface area contributed by atoms with E-state index in [4.69, 9.17) is 38.1 Å². The molecule has 0 aliphatic rings. The van der Waals surface area contributed by atoms with E-state index in [0.717, 1.165) is 5.56 Å². The number of aryl methyl sites for hydroxylation is 1. The number of hydrogen-bond donors (Lipinski definition) is 2. The molecule has 0 saturated heterocycles. The number of hydrogen-bond acceptors (Lipinski definition) is 5. The number of ether oxygens (including phenoxy) is 2. The van der Waals surface area contributed by atoms with E-state index in [-0.39, 0.29) is 6.79 Å². The first kappa shape index (κ1) is 21.7. The molecule has 0 radical (unpaired) electrons. The minimum Gasteiger partial charge on any atom is -0.435 e. The van der Waals surface area contributed by atoms with Crippen molar-refractivity contribution < 1.29 is 14.3 Å². The summed E-state index contributed by atoms with van der Waals surface area (Å²) < 4.78 is 10.1. The molecule has 5 nitrogen and oxygen atoms in total. The monoisotopic (exact) mass is 394 g/mol. The highest BCUT2D eigenvalue weighted by Gasteiger charge is 2.15. The first-order valence-electron chi connectivity index (χ1n) is 7.70. The van der Waals surface area contributed by atoms with Crippen LogP contribution in [-0.4, -0.2) is 25.2 Å². The van der Waals surface area contributed by atoms with Crippen LogP contribution in [0.2, 0.25) is 10.0 Å². The third-order valence-corrected chi connectivity index (χ3v) is 3.97. The highest BCUT2D eigenvalue weighted by molar-refractivity contribution is 6.39. The normalized spacial score (nSPS) is 9.54. The van der Waals surface area contributed by atoms with Crippen molar-refractivity contribution in [2.45, 2.75) is 13.8 Å². The van der Waals surface area contributed by atoms with Crippen LogP contribution in [0.4, 0.5) is 11.4 Å². The van der Waals surface area contributed by atoms with E-state index in [1.165, 1.54) is 0 Å². The van der Waals surface area contributed by atoms with Crippen LogP contribution in [-0.2, 0) is 9.47 Å². The van der Waals surface area contributed by atoms with Crippen LogP contribution in [0.1, 0.15) is 22.8 Å². The van der Waals surface area contributed by atoms with Crippen LogP contribution in [0.15, 0.2) is 43.0 Å². The zero-order chi connectivity index (χ0) is 19.5. The average molecular weight is 395 g/mol. The summed E-state index contributed by atoms with van der Waals surface area (Å²) in [6, 6.07) is 10.6. The van der Waals surface area contributed by atoms with Gasteiger partial charge in [0, 0.05) is 6.61 Å². The Bertz CT molecular complexity index is 788. The summed E-state index contributed by atoms with van der Waals surface area (Å²) in [7, 11) is 0. The third kappa shape index (κ3) is 6.21. The molecule has 2 N–H and O–H groups in total. The van der Waals surface area contributed by atoms with Crippen molar-refractivity contribution in [1.82, 2.24) is 0 Å². The second-order valence-corrected chi connectivity index (χ2v) is 5.73. The third-order valence-electron chi connectivity index (χ3n) is 3.17. The Labute approximate surface area is 163 Å². The first-order valence-corrected chi connectivity index (χ1v) is 8.46. The molecule has 0 amide bonds. The fraction of sp³-hybridized carbons (Fsp3) is 0.211. The second-order valence-electron chi connectivity index (χ2n) is 4.94. The van der Waals surface area contributed by atoms with Crippen LogP contribution < -0.4 is 5.32 Å². The molecule has 0 atom stereocenters. The van der Waals surface area contributed by atoms with Crippen LogP contribution in [0, 0.1) is 12.3 Å². The standard InChI is InChI=1S/C17H17Cl2NO3.C2H3N/c1-3-22-10-23-17(21)12-6-4-5-7-14(12)20-16-13(18)9-8-11(2)15(16)19;1-2-3/h4-9,20H,3,10H2,1-2H3;3H,1H2. The fourth-order valence-electron chi connectivity index (χ4n) is 1.93. The Kier molecular flexibility index (Phi) is 9.48. The number of anilines is 2. The Balaban J connectivity index is 0.00000105. The average Bonchev–Trinajstić information content (AvgIpc) is 2.63. The van der Waals surface area contributed by atoms with Gasteiger partial charge in [-0.2, -0.15) is 0 Å². The van der Waals surface area contributed by atoms with Crippen LogP contribution >= 0.6 is 23.2 Å². The van der Waals surface area contributed by atoms with E-state index in [2.05, 4.69) is 11.9 Å². The second kappa shape index (κ2) is 11.3. The molecule has 0 saturated carbocycles. The molecule has 2 aromatic carbocycles. The van der Waals surface area contributed by atoms with E-state index in [1.807, 2.05) is 19.9 Å². The van der Waals surface area contributed by atoms with Crippen molar-refractivity contribution >= 4 is 46.4 Å². The number of carbonyl (C=O) groups excluding carboxylic acids is 1. The summed E-state index contributed by atoms with van der Waals surface area (Å²) in [5.41, 5.74) is 2.37. The van der Waals surface area contributed by atoms with Gasteiger partial charge in [0.2, 0.25) is 0 Å². The predicted molar refractivity (Wildman–Crippen MR) is 106 cm³/mol. The van der Waals surface area contributed by atoms with Gasteiger partial charge in [-0.3, -0.25) is 5.41 Å².